The minimum absolute atomic E-state index is 0.131. The molecule has 0 aliphatic heterocycles. The number of phenolic OH excluding ortho intramolecular Hbond substituents is 1. The first-order valence-electron chi connectivity index (χ1n) is 3.01. The fourth-order valence-electron chi connectivity index (χ4n) is 0.727. The Morgan fingerprint density at radius 2 is 1.91 bits per heavy atom. The minimum atomic E-state index is 0.131. The lowest BCUT2D eigenvalue weighted by Crippen LogP contribution is -1.71. The Morgan fingerprint density at radius 1 is 1.27 bits per heavy atom. The molecule has 11 heavy (non-hydrogen) atoms. The number of hydrogen-bond donors (Lipinski definition) is 1. The molecule has 1 aromatic carbocycles. The summed E-state index contributed by atoms with van der Waals surface area (Å²) in [5.41, 5.74) is 0.618. The Labute approximate surface area is 74.9 Å². The highest BCUT2D eigenvalue weighted by molar-refractivity contribution is 6.57. The summed E-state index contributed by atoms with van der Waals surface area (Å²) in [5, 5.41) is 9.20. The topological polar surface area (TPSA) is 20.2 Å². The summed E-state index contributed by atoms with van der Waals surface area (Å²) >= 11 is 10.8. The minimum Gasteiger partial charge on any atom is -0.507 e. The largest absolute Gasteiger partial charge is 0.507 e. The molecule has 1 N–H and O–H groups in total. The molecular weight excluding hydrogens is 183 g/mol. The third-order valence-electron chi connectivity index (χ3n) is 1.20. The van der Waals surface area contributed by atoms with E-state index in [2.05, 4.69) is 0 Å². The summed E-state index contributed by atoms with van der Waals surface area (Å²) in [5.74, 6) is 0.173. The van der Waals surface area contributed by atoms with Gasteiger partial charge in [0.2, 0.25) is 0 Å². The van der Waals surface area contributed by atoms with Gasteiger partial charge >= 0.3 is 0 Å². The molecule has 0 radical (unpaired) electrons. The van der Waals surface area contributed by atoms with Gasteiger partial charge in [-0.1, -0.05) is 41.4 Å². The zero-order chi connectivity index (χ0) is 8.27. The molecule has 0 amide bonds. The molecule has 0 aliphatic carbocycles. The van der Waals surface area contributed by atoms with Crippen LogP contribution in [0.3, 0.4) is 0 Å². The molecule has 3 heteroatoms. The maximum Gasteiger partial charge on any atom is 0.122 e. The van der Waals surface area contributed by atoms with Crippen molar-refractivity contribution in [1.82, 2.24) is 0 Å². The Bertz CT molecular complexity index is 277. The van der Waals surface area contributed by atoms with E-state index in [0.717, 1.165) is 0 Å². The summed E-state index contributed by atoms with van der Waals surface area (Å²) in [7, 11) is 0. The lowest BCUT2D eigenvalue weighted by molar-refractivity contribution is 0.474. The Hall–Kier alpha value is -0.660. The van der Waals surface area contributed by atoms with Gasteiger partial charge in [-0.3, -0.25) is 0 Å². The number of halogens is 2. The molecule has 0 atom stereocenters. The van der Waals surface area contributed by atoms with Crippen molar-refractivity contribution in [3.8, 4) is 5.75 Å². The average Bonchev–Trinajstić information content (AvgIpc) is 1.93. The smallest absolute Gasteiger partial charge is 0.122 e. The first kappa shape index (κ1) is 8.44. The predicted octanol–water partition coefficient (Wildman–Crippen LogP) is 3.17. The number of para-hydroxylation sites is 1. The summed E-state index contributed by atoms with van der Waals surface area (Å²) in [6, 6.07) is 6.82. The van der Waals surface area contributed by atoms with E-state index >= 15 is 0 Å². The van der Waals surface area contributed by atoms with Crippen LogP contribution in [0.1, 0.15) is 5.56 Å². The third-order valence-corrected chi connectivity index (χ3v) is 1.42. The molecular formula is C8H6Cl2O. The van der Waals surface area contributed by atoms with E-state index in [-0.39, 0.29) is 10.2 Å². The monoisotopic (exact) mass is 188 g/mol. The van der Waals surface area contributed by atoms with Crippen molar-refractivity contribution in [3.05, 3.63) is 34.3 Å². The van der Waals surface area contributed by atoms with Crippen LogP contribution in [0.25, 0.3) is 6.08 Å². The van der Waals surface area contributed by atoms with Crippen molar-refractivity contribution in [2.45, 2.75) is 0 Å². The van der Waals surface area contributed by atoms with Crippen molar-refractivity contribution in [3.63, 3.8) is 0 Å². The van der Waals surface area contributed by atoms with Gasteiger partial charge in [-0.05, 0) is 12.1 Å². The third kappa shape index (κ3) is 2.45. The fraction of sp³-hybridized carbons (Fsp3) is 0. The van der Waals surface area contributed by atoms with Crippen LogP contribution >= 0.6 is 23.2 Å². The molecule has 0 unspecified atom stereocenters. The first-order chi connectivity index (χ1) is 5.20. The SMILES string of the molecule is Oc1ccccc1C=C(Cl)Cl. The van der Waals surface area contributed by atoms with Crippen molar-refractivity contribution >= 4 is 29.3 Å². The molecule has 58 valence electrons. The number of phenols is 1. The van der Waals surface area contributed by atoms with Crippen LogP contribution in [-0.4, -0.2) is 5.11 Å². The van der Waals surface area contributed by atoms with Gasteiger partial charge in [-0.15, -0.1) is 0 Å². The molecule has 0 heterocycles. The first-order valence-corrected chi connectivity index (χ1v) is 3.76. The standard InChI is InChI=1S/C8H6Cl2O/c9-8(10)5-6-3-1-2-4-7(6)11/h1-5,11H. The molecule has 1 aromatic rings. The van der Waals surface area contributed by atoms with Crippen LogP contribution in [0.5, 0.6) is 5.75 Å². The van der Waals surface area contributed by atoms with Gasteiger partial charge in [-0.2, -0.15) is 0 Å². The Balaban J connectivity index is 3.04. The molecule has 0 aliphatic rings. The quantitative estimate of drug-likeness (QED) is 0.719. The molecule has 0 saturated heterocycles. The van der Waals surface area contributed by atoms with E-state index in [1.807, 2.05) is 0 Å². The number of benzene rings is 1. The molecule has 0 saturated carbocycles. The highest BCUT2D eigenvalue weighted by Crippen LogP contribution is 2.21. The maximum absolute atomic E-state index is 9.20. The van der Waals surface area contributed by atoms with E-state index in [4.69, 9.17) is 23.2 Å². The highest BCUT2D eigenvalue weighted by atomic mass is 35.5. The van der Waals surface area contributed by atoms with Crippen molar-refractivity contribution in [1.29, 1.82) is 0 Å². The van der Waals surface area contributed by atoms with Crippen molar-refractivity contribution in [2.75, 3.05) is 0 Å². The van der Waals surface area contributed by atoms with Gasteiger partial charge in [-0.25, -0.2) is 0 Å². The van der Waals surface area contributed by atoms with Crippen LogP contribution < -0.4 is 0 Å². The maximum atomic E-state index is 9.20. The Morgan fingerprint density at radius 3 is 2.45 bits per heavy atom. The van der Waals surface area contributed by atoms with E-state index in [1.165, 1.54) is 6.08 Å². The average molecular weight is 189 g/mol. The molecule has 0 fully saturated rings. The zero-order valence-corrected chi connectivity index (χ0v) is 7.10. The van der Waals surface area contributed by atoms with Crippen LogP contribution in [0.2, 0.25) is 0 Å². The highest BCUT2D eigenvalue weighted by Gasteiger charge is 1.94. The van der Waals surface area contributed by atoms with Crippen LogP contribution in [-0.2, 0) is 0 Å². The fourth-order valence-corrected chi connectivity index (χ4v) is 0.962. The Kier molecular flexibility index (Phi) is 2.80. The van der Waals surface area contributed by atoms with Gasteiger partial charge in [0.25, 0.3) is 0 Å². The molecule has 0 bridgehead atoms. The summed E-state index contributed by atoms with van der Waals surface area (Å²) in [6.07, 6.45) is 1.48. The molecule has 0 spiro atoms. The normalized spacial score (nSPS) is 9.27. The summed E-state index contributed by atoms with van der Waals surface area (Å²) in [6.45, 7) is 0. The second kappa shape index (κ2) is 3.65. The second-order valence-electron chi connectivity index (χ2n) is 1.99. The van der Waals surface area contributed by atoms with Gasteiger partial charge in [0.05, 0.1) is 0 Å². The summed E-state index contributed by atoms with van der Waals surface area (Å²) in [4.78, 5) is 0. The molecule has 1 rings (SSSR count). The number of hydrogen-bond acceptors (Lipinski definition) is 1. The summed E-state index contributed by atoms with van der Waals surface area (Å²) < 4.78 is 0.131. The van der Waals surface area contributed by atoms with Crippen molar-refractivity contribution in [2.24, 2.45) is 0 Å². The number of rotatable bonds is 1. The zero-order valence-electron chi connectivity index (χ0n) is 5.59. The van der Waals surface area contributed by atoms with E-state index in [1.54, 1.807) is 24.3 Å². The van der Waals surface area contributed by atoms with Crippen LogP contribution in [0.4, 0.5) is 0 Å². The van der Waals surface area contributed by atoms with Crippen molar-refractivity contribution < 1.29 is 5.11 Å². The lowest BCUT2D eigenvalue weighted by atomic mass is 10.2. The second-order valence-corrected chi connectivity index (χ2v) is 3.00. The van der Waals surface area contributed by atoms with E-state index < -0.39 is 0 Å². The van der Waals surface area contributed by atoms with Gasteiger partial charge in [0, 0.05) is 5.56 Å². The van der Waals surface area contributed by atoms with E-state index in [0.29, 0.717) is 5.56 Å². The molecule has 0 aromatic heterocycles. The lowest BCUT2D eigenvalue weighted by Gasteiger charge is -1.95. The van der Waals surface area contributed by atoms with E-state index in [9.17, 15) is 5.11 Å². The van der Waals surface area contributed by atoms with Gasteiger partial charge < -0.3 is 5.11 Å². The van der Waals surface area contributed by atoms with Crippen LogP contribution in [0.15, 0.2) is 28.8 Å². The van der Waals surface area contributed by atoms with Gasteiger partial charge in [0.1, 0.15) is 10.2 Å². The molecule has 1 nitrogen and oxygen atoms in total. The number of aromatic hydroxyl groups is 1. The predicted molar refractivity (Wildman–Crippen MR) is 47.8 cm³/mol. The van der Waals surface area contributed by atoms with Gasteiger partial charge in [0.15, 0.2) is 0 Å². The van der Waals surface area contributed by atoms with Crippen LogP contribution in [0, 0.1) is 0 Å².